The van der Waals surface area contributed by atoms with Gasteiger partial charge in [0.05, 0.1) is 36.6 Å². The van der Waals surface area contributed by atoms with Gasteiger partial charge in [-0.1, -0.05) is 17.8 Å². The molecule has 0 radical (unpaired) electrons. The second-order valence-corrected chi connectivity index (χ2v) is 8.25. The number of amidine groups is 1. The van der Waals surface area contributed by atoms with Crippen molar-refractivity contribution in [2.45, 2.75) is 53.2 Å². The standard InChI is InChI=1S/C22H28N2O5S/c1-6-27-16-9-8-15(12-17(16)28-7-2)20-19(21(26)29-13(3)4)14(5)23-22-24(20)18(25)10-11-30-22/h8-9,12-13,20H,6-7,10-11H2,1-5H3. The van der Waals surface area contributed by atoms with E-state index in [1.54, 1.807) is 25.7 Å². The topological polar surface area (TPSA) is 77.4 Å². The summed E-state index contributed by atoms with van der Waals surface area (Å²) in [6.45, 7) is 10.2. The number of esters is 1. The van der Waals surface area contributed by atoms with E-state index in [9.17, 15) is 9.59 Å². The molecule has 0 bridgehead atoms. The number of hydrogen-bond acceptors (Lipinski definition) is 7. The molecule has 1 amide bonds. The number of benzene rings is 1. The molecule has 2 aliphatic heterocycles. The average molecular weight is 433 g/mol. The zero-order valence-corrected chi connectivity index (χ0v) is 18.9. The summed E-state index contributed by atoms with van der Waals surface area (Å²) in [6, 6.07) is 4.89. The maximum absolute atomic E-state index is 13.0. The lowest BCUT2D eigenvalue weighted by Gasteiger charge is -2.39. The van der Waals surface area contributed by atoms with E-state index in [0.29, 0.717) is 53.3 Å². The van der Waals surface area contributed by atoms with Crippen molar-refractivity contribution < 1.29 is 23.8 Å². The first kappa shape index (κ1) is 22.2. The molecule has 0 N–H and O–H groups in total. The Morgan fingerprint density at radius 3 is 2.60 bits per heavy atom. The van der Waals surface area contributed by atoms with Crippen LogP contribution in [0.2, 0.25) is 0 Å². The number of hydrogen-bond donors (Lipinski definition) is 0. The first-order chi connectivity index (χ1) is 14.4. The van der Waals surface area contributed by atoms with Crippen LogP contribution in [0.3, 0.4) is 0 Å². The highest BCUT2D eigenvalue weighted by molar-refractivity contribution is 8.14. The van der Waals surface area contributed by atoms with E-state index in [0.717, 1.165) is 5.56 Å². The van der Waals surface area contributed by atoms with E-state index in [4.69, 9.17) is 14.2 Å². The summed E-state index contributed by atoms with van der Waals surface area (Å²) in [5, 5.41) is 0.613. The molecule has 30 heavy (non-hydrogen) atoms. The first-order valence-electron chi connectivity index (χ1n) is 10.2. The van der Waals surface area contributed by atoms with Gasteiger partial charge in [0.15, 0.2) is 16.7 Å². The Morgan fingerprint density at radius 1 is 1.23 bits per heavy atom. The minimum absolute atomic E-state index is 0.0632. The summed E-state index contributed by atoms with van der Waals surface area (Å²) < 4.78 is 16.9. The Balaban J connectivity index is 2.14. The number of carbonyl (C=O) groups excluding carboxylic acids is 2. The second-order valence-electron chi connectivity index (χ2n) is 7.18. The lowest BCUT2D eigenvalue weighted by atomic mass is 9.93. The van der Waals surface area contributed by atoms with E-state index in [2.05, 4.69) is 4.99 Å². The van der Waals surface area contributed by atoms with E-state index in [1.165, 1.54) is 11.8 Å². The van der Waals surface area contributed by atoms with Crippen LogP contribution in [0.4, 0.5) is 0 Å². The van der Waals surface area contributed by atoms with Crippen LogP contribution in [-0.4, -0.2) is 47.0 Å². The van der Waals surface area contributed by atoms with E-state index >= 15 is 0 Å². The van der Waals surface area contributed by atoms with E-state index in [-0.39, 0.29) is 12.0 Å². The monoisotopic (exact) mass is 432 g/mol. The first-order valence-corrected chi connectivity index (χ1v) is 11.2. The van der Waals surface area contributed by atoms with Gasteiger partial charge in [0.2, 0.25) is 5.91 Å². The highest BCUT2D eigenvalue weighted by atomic mass is 32.2. The number of fused-ring (bicyclic) bond motifs is 1. The largest absolute Gasteiger partial charge is 0.490 e. The van der Waals surface area contributed by atoms with Crippen molar-refractivity contribution in [2.24, 2.45) is 4.99 Å². The van der Waals surface area contributed by atoms with Crippen molar-refractivity contribution in [3.63, 3.8) is 0 Å². The molecule has 0 aliphatic carbocycles. The van der Waals surface area contributed by atoms with Crippen molar-refractivity contribution in [3.8, 4) is 11.5 Å². The minimum atomic E-state index is -0.626. The molecule has 1 aromatic carbocycles. The van der Waals surface area contributed by atoms with Crippen LogP contribution < -0.4 is 9.47 Å². The molecule has 3 rings (SSSR count). The average Bonchev–Trinajstić information content (AvgIpc) is 2.68. The number of ether oxygens (including phenoxy) is 3. The van der Waals surface area contributed by atoms with Crippen molar-refractivity contribution in [2.75, 3.05) is 19.0 Å². The highest BCUT2D eigenvalue weighted by Crippen LogP contribution is 2.42. The predicted octanol–water partition coefficient (Wildman–Crippen LogP) is 4.09. The molecule has 1 aromatic rings. The van der Waals surface area contributed by atoms with Crippen LogP contribution >= 0.6 is 11.8 Å². The van der Waals surface area contributed by atoms with Gasteiger partial charge < -0.3 is 14.2 Å². The van der Waals surface area contributed by atoms with Crippen molar-refractivity contribution in [3.05, 3.63) is 35.0 Å². The SMILES string of the molecule is CCOc1ccc(C2C(C(=O)OC(C)C)=C(C)N=C3SCCC(=O)N32)cc1OCC. The molecule has 1 fully saturated rings. The third kappa shape index (κ3) is 4.48. The molecule has 1 saturated heterocycles. The molecular formula is C22H28N2O5S. The smallest absolute Gasteiger partial charge is 0.338 e. The zero-order chi connectivity index (χ0) is 21.8. The number of amides is 1. The Morgan fingerprint density at radius 2 is 1.93 bits per heavy atom. The van der Waals surface area contributed by atoms with Crippen molar-refractivity contribution >= 4 is 28.8 Å². The van der Waals surface area contributed by atoms with Crippen molar-refractivity contribution in [1.82, 2.24) is 4.90 Å². The van der Waals surface area contributed by atoms with E-state index in [1.807, 2.05) is 32.0 Å². The number of allylic oxidation sites excluding steroid dienone is 1. The normalized spacial score (nSPS) is 18.9. The third-order valence-electron chi connectivity index (χ3n) is 4.65. The number of thioether (sulfide) groups is 1. The summed E-state index contributed by atoms with van der Waals surface area (Å²) >= 11 is 1.52. The van der Waals surface area contributed by atoms with Gasteiger partial charge in [0, 0.05) is 12.2 Å². The lowest BCUT2D eigenvalue weighted by molar-refractivity contribution is -0.143. The molecule has 7 nitrogen and oxygen atoms in total. The fourth-order valence-electron chi connectivity index (χ4n) is 3.49. The molecule has 8 heteroatoms. The van der Waals surface area contributed by atoms with Crippen molar-refractivity contribution in [1.29, 1.82) is 0 Å². The Hall–Kier alpha value is -2.48. The van der Waals surface area contributed by atoms with Gasteiger partial charge in [-0.3, -0.25) is 9.69 Å². The van der Waals surface area contributed by atoms with Crippen LogP contribution in [0.1, 0.15) is 52.6 Å². The van der Waals surface area contributed by atoms with Gasteiger partial charge in [-0.05, 0) is 52.3 Å². The van der Waals surface area contributed by atoms with E-state index < -0.39 is 12.0 Å². The highest BCUT2D eigenvalue weighted by Gasteiger charge is 2.42. The minimum Gasteiger partial charge on any atom is -0.490 e. The molecule has 2 aliphatic rings. The number of nitrogens with zero attached hydrogens (tertiary/aromatic N) is 2. The van der Waals surface area contributed by atoms with Gasteiger partial charge in [0.25, 0.3) is 0 Å². The van der Waals surface area contributed by atoms with Crippen LogP contribution in [-0.2, 0) is 14.3 Å². The molecule has 162 valence electrons. The summed E-state index contributed by atoms with van der Waals surface area (Å²) in [4.78, 5) is 32.1. The quantitative estimate of drug-likeness (QED) is 0.604. The van der Waals surface area contributed by atoms with Gasteiger partial charge in [-0.15, -0.1) is 0 Å². The van der Waals surface area contributed by atoms with Gasteiger partial charge in [-0.2, -0.15) is 0 Å². The number of carbonyl (C=O) groups is 2. The summed E-state index contributed by atoms with van der Waals surface area (Å²) in [6.07, 6.45) is 0.107. The number of rotatable bonds is 7. The molecule has 2 heterocycles. The van der Waals surface area contributed by atoms with Crippen LogP contribution in [0.5, 0.6) is 11.5 Å². The maximum Gasteiger partial charge on any atom is 0.338 e. The van der Waals surface area contributed by atoms with Gasteiger partial charge >= 0.3 is 5.97 Å². The number of aliphatic imine (C=N–C) groups is 1. The second kappa shape index (κ2) is 9.55. The summed E-state index contributed by atoms with van der Waals surface area (Å²) in [7, 11) is 0. The Labute approximate surface area is 181 Å². The summed E-state index contributed by atoms with van der Waals surface area (Å²) in [5.41, 5.74) is 1.68. The Kier molecular flexibility index (Phi) is 7.07. The van der Waals surface area contributed by atoms with Crippen LogP contribution in [0.15, 0.2) is 34.5 Å². The fourth-order valence-corrected chi connectivity index (χ4v) is 4.49. The summed E-state index contributed by atoms with van der Waals surface area (Å²) in [5.74, 6) is 1.34. The molecular weight excluding hydrogens is 404 g/mol. The van der Waals surface area contributed by atoms with Gasteiger partial charge in [0.1, 0.15) is 0 Å². The zero-order valence-electron chi connectivity index (χ0n) is 18.1. The molecule has 0 aromatic heterocycles. The molecule has 1 unspecified atom stereocenters. The molecule has 0 spiro atoms. The lowest BCUT2D eigenvalue weighted by Crippen LogP contribution is -2.46. The maximum atomic E-state index is 13.0. The predicted molar refractivity (Wildman–Crippen MR) is 117 cm³/mol. The van der Waals surface area contributed by atoms with Crippen LogP contribution in [0, 0.1) is 0 Å². The Bertz CT molecular complexity index is 894. The fraction of sp³-hybridized carbons (Fsp3) is 0.500. The van der Waals surface area contributed by atoms with Crippen LogP contribution in [0.25, 0.3) is 0 Å². The molecule has 0 saturated carbocycles. The van der Waals surface area contributed by atoms with Gasteiger partial charge in [-0.25, -0.2) is 9.79 Å². The molecule has 1 atom stereocenters. The third-order valence-corrected chi connectivity index (χ3v) is 5.61.